The molecule has 3 nitrogen and oxygen atoms in total. The van der Waals surface area contributed by atoms with Crippen LogP contribution in [0.15, 0.2) is 23.1 Å². The fourth-order valence-corrected chi connectivity index (χ4v) is 2.05. The van der Waals surface area contributed by atoms with Gasteiger partial charge in [0, 0.05) is 17.3 Å². The minimum absolute atomic E-state index is 0.245. The fourth-order valence-electron chi connectivity index (χ4n) is 1.10. The summed E-state index contributed by atoms with van der Waals surface area (Å²) in [6, 6.07) is 4.27. The van der Waals surface area contributed by atoms with Gasteiger partial charge in [0.2, 0.25) is 0 Å². The molecular formula is C9H12ClNO2S. The lowest BCUT2D eigenvalue weighted by molar-refractivity contribution is 0.601. The van der Waals surface area contributed by atoms with Gasteiger partial charge in [0.05, 0.1) is 4.90 Å². The molecule has 1 aromatic carbocycles. The summed E-state index contributed by atoms with van der Waals surface area (Å²) >= 11 is 5.87. The van der Waals surface area contributed by atoms with Crippen LogP contribution in [0.2, 0.25) is 5.02 Å². The molecule has 0 saturated heterocycles. The summed E-state index contributed by atoms with van der Waals surface area (Å²) in [6.45, 7) is 1.76. The van der Waals surface area contributed by atoms with Crippen molar-refractivity contribution in [3.05, 3.63) is 28.8 Å². The number of hydrogen-bond acceptors (Lipinski definition) is 3. The van der Waals surface area contributed by atoms with Crippen LogP contribution in [0.5, 0.6) is 0 Å². The van der Waals surface area contributed by atoms with Crippen molar-refractivity contribution in [2.75, 3.05) is 6.26 Å². The smallest absolute Gasteiger partial charge is 0.175 e. The highest BCUT2D eigenvalue weighted by Crippen LogP contribution is 2.24. The third-order valence-electron chi connectivity index (χ3n) is 1.89. The SMILES string of the molecule is CC(N)c1cc(S(C)(=O)=O)ccc1Cl. The monoisotopic (exact) mass is 233 g/mol. The van der Waals surface area contributed by atoms with Gasteiger partial charge in [-0.2, -0.15) is 0 Å². The Morgan fingerprint density at radius 2 is 2.00 bits per heavy atom. The van der Waals surface area contributed by atoms with Gasteiger partial charge in [-0.3, -0.25) is 0 Å². The Kier molecular flexibility index (Phi) is 3.19. The van der Waals surface area contributed by atoms with Crippen LogP contribution in [0.3, 0.4) is 0 Å². The number of halogens is 1. The first-order valence-electron chi connectivity index (χ1n) is 4.07. The summed E-state index contributed by atoms with van der Waals surface area (Å²) < 4.78 is 22.5. The van der Waals surface area contributed by atoms with E-state index in [0.717, 1.165) is 6.26 Å². The Morgan fingerprint density at radius 3 is 2.43 bits per heavy atom. The molecule has 0 bridgehead atoms. The second-order valence-corrected chi connectivity index (χ2v) is 5.67. The van der Waals surface area contributed by atoms with Crippen molar-refractivity contribution in [3.63, 3.8) is 0 Å². The van der Waals surface area contributed by atoms with Gasteiger partial charge >= 0.3 is 0 Å². The van der Waals surface area contributed by atoms with Crippen LogP contribution in [0, 0.1) is 0 Å². The van der Waals surface area contributed by atoms with Gasteiger partial charge in [0.15, 0.2) is 9.84 Å². The van der Waals surface area contributed by atoms with E-state index < -0.39 is 9.84 Å². The van der Waals surface area contributed by atoms with Crippen LogP contribution in [-0.4, -0.2) is 14.7 Å². The van der Waals surface area contributed by atoms with E-state index in [4.69, 9.17) is 17.3 Å². The lowest BCUT2D eigenvalue weighted by atomic mass is 10.1. The zero-order valence-electron chi connectivity index (χ0n) is 7.99. The second-order valence-electron chi connectivity index (χ2n) is 3.24. The molecule has 5 heteroatoms. The number of rotatable bonds is 2. The third kappa shape index (κ3) is 2.47. The molecule has 1 aromatic rings. The van der Waals surface area contributed by atoms with E-state index in [9.17, 15) is 8.42 Å². The first-order valence-corrected chi connectivity index (χ1v) is 6.34. The van der Waals surface area contributed by atoms with E-state index >= 15 is 0 Å². The highest BCUT2D eigenvalue weighted by atomic mass is 35.5. The highest BCUT2D eigenvalue weighted by Gasteiger charge is 2.11. The summed E-state index contributed by atoms with van der Waals surface area (Å²) in [5, 5.41) is 0.493. The second kappa shape index (κ2) is 3.88. The molecule has 1 atom stereocenters. The Bertz CT molecular complexity index is 440. The predicted molar refractivity (Wildman–Crippen MR) is 57.2 cm³/mol. The number of sulfone groups is 1. The standard InChI is InChI=1S/C9H12ClNO2S/c1-6(11)8-5-7(14(2,12)13)3-4-9(8)10/h3-6H,11H2,1-2H3. The Balaban J connectivity index is 3.34. The lowest BCUT2D eigenvalue weighted by Crippen LogP contribution is -2.07. The molecule has 0 saturated carbocycles. The number of hydrogen-bond donors (Lipinski definition) is 1. The molecule has 0 radical (unpaired) electrons. The lowest BCUT2D eigenvalue weighted by Gasteiger charge is -2.09. The van der Waals surface area contributed by atoms with Crippen LogP contribution in [-0.2, 0) is 9.84 Å². The summed E-state index contributed by atoms with van der Waals surface area (Å²) in [6.07, 6.45) is 1.15. The van der Waals surface area contributed by atoms with E-state index in [0.29, 0.717) is 10.6 Å². The van der Waals surface area contributed by atoms with Crippen molar-refractivity contribution in [3.8, 4) is 0 Å². The zero-order valence-corrected chi connectivity index (χ0v) is 9.56. The van der Waals surface area contributed by atoms with Crippen molar-refractivity contribution in [2.45, 2.75) is 17.9 Å². The van der Waals surface area contributed by atoms with E-state index in [1.807, 2.05) is 0 Å². The minimum Gasteiger partial charge on any atom is -0.324 e. The van der Waals surface area contributed by atoms with Crippen molar-refractivity contribution in [2.24, 2.45) is 5.73 Å². The molecule has 78 valence electrons. The van der Waals surface area contributed by atoms with Crippen LogP contribution in [0.4, 0.5) is 0 Å². The quantitative estimate of drug-likeness (QED) is 0.847. The minimum atomic E-state index is -3.19. The fraction of sp³-hybridized carbons (Fsp3) is 0.333. The Morgan fingerprint density at radius 1 is 1.43 bits per heavy atom. The molecule has 0 aliphatic rings. The Hall–Kier alpha value is -0.580. The topological polar surface area (TPSA) is 60.2 Å². The van der Waals surface area contributed by atoms with Crippen molar-refractivity contribution in [1.82, 2.24) is 0 Å². The van der Waals surface area contributed by atoms with Crippen LogP contribution in [0.25, 0.3) is 0 Å². The van der Waals surface area contributed by atoms with Gasteiger partial charge in [-0.05, 0) is 30.7 Å². The molecule has 1 unspecified atom stereocenters. The molecule has 0 aliphatic carbocycles. The Labute approximate surface area is 88.8 Å². The van der Waals surface area contributed by atoms with Crippen LogP contribution < -0.4 is 5.73 Å². The van der Waals surface area contributed by atoms with Crippen molar-refractivity contribution >= 4 is 21.4 Å². The third-order valence-corrected chi connectivity index (χ3v) is 3.34. The van der Waals surface area contributed by atoms with Gasteiger partial charge in [0.25, 0.3) is 0 Å². The molecule has 0 heterocycles. The molecular weight excluding hydrogens is 222 g/mol. The summed E-state index contributed by atoms with van der Waals surface area (Å²) in [5.41, 5.74) is 6.30. The van der Waals surface area contributed by atoms with Gasteiger partial charge in [-0.15, -0.1) is 0 Å². The maximum atomic E-state index is 11.2. The first kappa shape index (κ1) is 11.5. The van der Waals surface area contributed by atoms with E-state index in [1.54, 1.807) is 13.0 Å². The van der Waals surface area contributed by atoms with Crippen molar-refractivity contribution < 1.29 is 8.42 Å². The largest absolute Gasteiger partial charge is 0.324 e. The molecule has 0 amide bonds. The molecule has 0 aliphatic heterocycles. The van der Waals surface area contributed by atoms with Gasteiger partial charge in [-0.25, -0.2) is 8.42 Å². The number of nitrogens with two attached hydrogens (primary N) is 1. The van der Waals surface area contributed by atoms with Crippen LogP contribution >= 0.6 is 11.6 Å². The molecule has 0 spiro atoms. The molecule has 0 aromatic heterocycles. The molecule has 14 heavy (non-hydrogen) atoms. The van der Waals surface area contributed by atoms with Gasteiger partial charge in [-0.1, -0.05) is 11.6 Å². The van der Waals surface area contributed by atoms with Crippen molar-refractivity contribution in [1.29, 1.82) is 0 Å². The van der Waals surface area contributed by atoms with Crippen LogP contribution in [0.1, 0.15) is 18.5 Å². The molecule has 1 rings (SSSR count). The normalized spacial score (nSPS) is 14.0. The van der Waals surface area contributed by atoms with Gasteiger partial charge in [0.1, 0.15) is 0 Å². The van der Waals surface area contributed by atoms with Gasteiger partial charge < -0.3 is 5.73 Å². The maximum Gasteiger partial charge on any atom is 0.175 e. The average Bonchev–Trinajstić information content (AvgIpc) is 2.02. The van der Waals surface area contributed by atoms with E-state index in [2.05, 4.69) is 0 Å². The summed E-state index contributed by atoms with van der Waals surface area (Å²) in [4.78, 5) is 0.245. The summed E-state index contributed by atoms with van der Waals surface area (Å²) in [5.74, 6) is 0. The number of benzene rings is 1. The molecule has 0 fully saturated rings. The maximum absolute atomic E-state index is 11.2. The zero-order chi connectivity index (χ0) is 10.9. The first-order chi connectivity index (χ1) is 6.32. The molecule has 2 N–H and O–H groups in total. The van der Waals surface area contributed by atoms with E-state index in [-0.39, 0.29) is 10.9 Å². The average molecular weight is 234 g/mol. The van der Waals surface area contributed by atoms with E-state index in [1.165, 1.54) is 12.1 Å². The predicted octanol–water partition coefficient (Wildman–Crippen LogP) is 1.76. The highest BCUT2D eigenvalue weighted by molar-refractivity contribution is 7.90. The summed E-state index contributed by atoms with van der Waals surface area (Å²) in [7, 11) is -3.19.